The standard InChI is InChI=1S/C7H7NO3S/c1-12(10,11)7-2-3-8-6(4-7)5-9/h2-5H,1H3. The number of pyridine rings is 1. The van der Waals surface area contributed by atoms with Gasteiger partial charge >= 0.3 is 0 Å². The summed E-state index contributed by atoms with van der Waals surface area (Å²) in [7, 11) is -3.23. The lowest BCUT2D eigenvalue weighted by atomic mass is 10.4. The molecule has 0 aliphatic rings. The van der Waals surface area contributed by atoms with Crippen LogP contribution in [0.15, 0.2) is 23.2 Å². The summed E-state index contributed by atoms with van der Waals surface area (Å²) in [6, 6.07) is 2.59. The van der Waals surface area contributed by atoms with E-state index >= 15 is 0 Å². The van der Waals surface area contributed by atoms with Gasteiger partial charge in [0.05, 0.1) is 4.90 Å². The van der Waals surface area contributed by atoms with E-state index in [-0.39, 0.29) is 10.6 Å². The van der Waals surface area contributed by atoms with Gasteiger partial charge in [-0.1, -0.05) is 0 Å². The highest BCUT2D eigenvalue weighted by Gasteiger charge is 2.06. The van der Waals surface area contributed by atoms with Crippen LogP contribution in [0.5, 0.6) is 0 Å². The molecule has 0 fully saturated rings. The number of carbonyl (C=O) groups is 1. The summed E-state index contributed by atoms with van der Waals surface area (Å²) in [6.45, 7) is 0. The van der Waals surface area contributed by atoms with Crippen molar-refractivity contribution in [3.05, 3.63) is 24.0 Å². The zero-order valence-electron chi connectivity index (χ0n) is 6.39. The van der Waals surface area contributed by atoms with Gasteiger partial charge in [-0.15, -0.1) is 0 Å². The van der Waals surface area contributed by atoms with Gasteiger partial charge in [0.1, 0.15) is 5.69 Å². The number of rotatable bonds is 2. The molecule has 1 aromatic heterocycles. The minimum absolute atomic E-state index is 0.111. The summed E-state index contributed by atoms with van der Waals surface area (Å²) in [4.78, 5) is 14.0. The molecule has 0 bridgehead atoms. The molecule has 4 nitrogen and oxygen atoms in total. The van der Waals surface area contributed by atoms with Crippen molar-refractivity contribution in [2.75, 3.05) is 6.26 Å². The molecule has 0 aliphatic carbocycles. The Morgan fingerprint density at radius 2 is 2.17 bits per heavy atom. The molecule has 12 heavy (non-hydrogen) atoms. The molecule has 1 aromatic rings. The van der Waals surface area contributed by atoms with E-state index in [1.807, 2.05) is 0 Å². The van der Waals surface area contributed by atoms with Crippen LogP contribution in [0.2, 0.25) is 0 Å². The maximum absolute atomic E-state index is 11.0. The number of nitrogens with zero attached hydrogens (tertiary/aromatic N) is 1. The van der Waals surface area contributed by atoms with Crippen LogP contribution in [-0.2, 0) is 9.84 Å². The second kappa shape index (κ2) is 3.02. The number of hydrogen-bond donors (Lipinski definition) is 0. The molecule has 0 saturated carbocycles. The number of aldehydes is 1. The molecule has 1 rings (SSSR count). The van der Waals surface area contributed by atoms with E-state index in [0.717, 1.165) is 6.26 Å². The van der Waals surface area contributed by atoms with Crippen LogP contribution < -0.4 is 0 Å². The first-order valence-corrected chi connectivity index (χ1v) is 5.04. The number of sulfone groups is 1. The average Bonchev–Trinajstić information content (AvgIpc) is 2.03. The second-order valence-corrected chi connectivity index (χ2v) is 4.32. The summed E-state index contributed by atoms with van der Waals surface area (Å²) in [5.74, 6) is 0. The first-order valence-electron chi connectivity index (χ1n) is 3.15. The van der Waals surface area contributed by atoms with E-state index in [2.05, 4.69) is 4.98 Å². The molecule has 0 amide bonds. The summed E-state index contributed by atoms with van der Waals surface area (Å²) in [6.07, 6.45) is 2.88. The minimum atomic E-state index is -3.23. The van der Waals surface area contributed by atoms with Crippen LogP contribution in [0, 0.1) is 0 Å². The average molecular weight is 185 g/mol. The van der Waals surface area contributed by atoms with Gasteiger partial charge in [0.25, 0.3) is 0 Å². The topological polar surface area (TPSA) is 64.1 Å². The summed E-state index contributed by atoms with van der Waals surface area (Å²) in [5.41, 5.74) is 0.123. The van der Waals surface area contributed by atoms with Gasteiger partial charge in [-0.3, -0.25) is 9.78 Å². The normalized spacial score (nSPS) is 11.1. The number of carbonyl (C=O) groups excluding carboxylic acids is 1. The Hall–Kier alpha value is -1.23. The zero-order chi connectivity index (χ0) is 9.19. The fourth-order valence-corrected chi connectivity index (χ4v) is 1.37. The first kappa shape index (κ1) is 8.86. The van der Waals surface area contributed by atoms with Gasteiger partial charge < -0.3 is 0 Å². The van der Waals surface area contributed by atoms with Crippen molar-refractivity contribution in [2.45, 2.75) is 4.90 Å². The van der Waals surface area contributed by atoms with Gasteiger partial charge in [0.15, 0.2) is 16.1 Å². The Bertz CT molecular complexity index is 397. The molecule has 0 unspecified atom stereocenters. The monoisotopic (exact) mass is 185 g/mol. The van der Waals surface area contributed by atoms with Crippen molar-refractivity contribution >= 4 is 16.1 Å². The highest BCUT2D eigenvalue weighted by Crippen LogP contribution is 2.07. The molecule has 0 atom stereocenters. The van der Waals surface area contributed by atoms with Gasteiger partial charge in [-0.25, -0.2) is 8.42 Å². The van der Waals surface area contributed by atoms with Crippen LogP contribution in [0.3, 0.4) is 0 Å². The maximum Gasteiger partial charge on any atom is 0.175 e. The van der Waals surface area contributed by atoms with Gasteiger partial charge in [-0.05, 0) is 12.1 Å². The molecule has 5 heteroatoms. The Balaban J connectivity index is 3.29. The quantitative estimate of drug-likeness (QED) is 0.621. The first-order chi connectivity index (χ1) is 5.54. The molecule has 0 radical (unpaired) electrons. The molecule has 1 heterocycles. The van der Waals surface area contributed by atoms with Crippen LogP contribution in [0.25, 0.3) is 0 Å². The van der Waals surface area contributed by atoms with E-state index in [1.165, 1.54) is 18.3 Å². The summed E-state index contributed by atoms with van der Waals surface area (Å²) in [5, 5.41) is 0. The van der Waals surface area contributed by atoms with Crippen molar-refractivity contribution in [1.29, 1.82) is 0 Å². The lowest BCUT2D eigenvalue weighted by Gasteiger charge is -1.96. The molecule has 0 N–H and O–H groups in total. The summed E-state index contributed by atoms with van der Waals surface area (Å²) < 4.78 is 21.9. The smallest absolute Gasteiger partial charge is 0.175 e. The van der Waals surface area contributed by atoms with Crippen molar-refractivity contribution in [1.82, 2.24) is 4.98 Å². The van der Waals surface area contributed by atoms with E-state index in [4.69, 9.17) is 0 Å². The van der Waals surface area contributed by atoms with Crippen molar-refractivity contribution in [3.63, 3.8) is 0 Å². The van der Waals surface area contributed by atoms with E-state index in [9.17, 15) is 13.2 Å². The zero-order valence-corrected chi connectivity index (χ0v) is 7.21. The Labute approximate surface area is 70.2 Å². The lowest BCUT2D eigenvalue weighted by Crippen LogP contribution is -1.98. The molecular formula is C7H7NO3S. The third-order valence-electron chi connectivity index (χ3n) is 1.30. The minimum Gasteiger partial charge on any atom is -0.296 e. The Morgan fingerprint density at radius 1 is 1.50 bits per heavy atom. The summed E-state index contributed by atoms with van der Waals surface area (Å²) >= 11 is 0. The van der Waals surface area contributed by atoms with E-state index in [1.54, 1.807) is 0 Å². The molecule has 0 spiro atoms. The fourth-order valence-electron chi connectivity index (χ4n) is 0.723. The molecule has 64 valence electrons. The Kier molecular flexibility index (Phi) is 2.23. The van der Waals surface area contributed by atoms with Gasteiger partial charge in [0.2, 0.25) is 0 Å². The van der Waals surface area contributed by atoms with Crippen LogP contribution in [-0.4, -0.2) is 25.9 Å². The SMILES string of the molecule is CS(=O)(=O)c1ccnc(C=O)c1. The van der Waals surface area contributed by atoms with Gasteiger partial charge in [0, 0.05) is 12.5 Å². The third-order valence-corrected chi connectivity index (χ3v) is 2.41. The van der Waals surface area contributed by atoms with Crippen LogP contribution in [0.1, 0.15) is 10.5 Å². The second-order valence-electron chi connectivity index (χ2n) is 2.31. The Morgan fingerprint density at radius 3 is 2.67 bits per heavy atom. The predicted octanol–water partition coefficient (Wildman–Crippen LogP) is 0.298. The molecule has 0 aromatic carbocycles. The maximum atomic E-state index is 11.0. The molecular weight excluding hydrogens is 178 g/mol. The highest BCUT2D eigenvalue weighted by molar-refractivity contribution is 7.90. The van der Waals surface area contributed by atoms with Crippen LogP contribution in [0.4, 0.5) is 0 Å². The predicted molar refractivity (Wildman–Crippen MR) is 42.7 cm³/mol. The number of aromatic nitrogens is 1. The van der Waals surface area contributed by atoms with Crippen molar-refractivity contribution in [2.24, 2.45) is 0 Å². The van der Waals surface area contributed by atoms with E-state index < -0.39 is 9.84 Å². The van der Waals surface area contributed by atoms with Gasteiger partial charge in [-0.2, -0.15) is 0 Å². The van der Waals surface area contributed by atoms with Crippen molar-refractivity contribution in [3.8, 4) is 0 Å². The van der Waals surface area contributed by atoms with Crippen LogP contribution >= 0.6 is 0 Å². The van der Waals surface area contributed by atoms with Crippen molar-refractivity contribution < 1.29 is 13.2 Å². The lowest BCUT2D eigenvalue weighted by molar-refractivity contribution is 0.111. The number of hydrogen-bond acceptors (Lipinski definition) is 4. The molecule has 0 aliphatic heterocycles. The van der Waals surface area contributed by atoms with E-state index in [0.29, 0.717) is 6.29 Å². The highest BCUT2D eigenvalue weighted by atomic mass is 32.2. The third kappa shape index (κ3) is 1.88. The largest absolute Gasteiger partial charge is 0.296 e. The fraction of sp³-hybridized carbons (Fsp3) is 0.143. The molecule has 0 saturated heterocycles.